The number of hydrogen-bond acceptors (Lipinski definition) is 5. The number of amides is 1. The molecule has 3 aliphatic heterocycles. The van der Waals surface area contributed by atoms with E-state index in [1.165, 1.54) is 28.5 Å². The average molecular weight is 435 g/mol. The van der Waals surface area contributed by atoms with Crippen molar-refractivity contribution in [3.63, 3.8) is 0 Å². The molecular formula is C23H34N2O2S2. The van der Waals surface area contributed by atoms with E-state index in [2.05, 4.69) is 23.2 Å². The van der Waals surface area contributed by atoms with E-state index in [4.69, 9.17) is 4.74 Å². The zero-order valence-corrected chi connectivity index (χ0v) is 19.2. The van der Waals surface area contributed by atoms with E-state index in [9.17, 15) is 4.79 Å². The van der Waals surface area contributed by atoms with Crippen LogP contribution in [0.2, 0.25) is 0 Å². The number of thiophene rings is 1. The molecule has 4 aliphatic rings. The first-order valence-corrected chi connectivity index (χ1v) is 13.5. The number of nitrogens with one attached hydrogen (secondary N) is 1. The molecule has 4 nitrogen and oxygen atoms in total. The van der Waals surface area contributed by atoms with Crippen LogP contribution in [0.3, 0.4) is 0 Å². The van der Waals surface area contributed by atoms with Gasteiger partial charge in [-0.3, -0.25) is 4.79 Å². The van der Waals surface area contributed by atoms with E-state index in [1.54, 1.807) is 4.88 Å². The third kappa shape index (κ3) is 4.28. The summed E-state index contributed by atoms with van der Waals surface area (Å²) in [7, 11) is 0. The minimum absolute atomic E-state index is 0.00998. The van der Waals surface area contributed by atoms with Gasteiger partial charge in [-0.25, -0.2) is 0 Å². The van der Waals surface area contributed by atoms with Crippen molar-refractivity contribution in [2.24, 2.45) is 11.8 Å². The first kappa shape index (κ1) is 20.3. The van der Waals surface area contributed by atoms with Crippen molar-refractivity contribution in [2.45, 2.75) is 63.5 Å². The molecule has 1 amide bonds. The minimum Gasteiger partial charge on any atom is -0.370 e. The molecule has 2 saturated heterocycles. The predicted molar refractivity (Wildman–Crippen MR) is 121 cm³/mol. The van der Waals surface area contributed by atoms with E-state index in [1.807, 2.05) is 23.1 Å². The van der Waals surface area contributed by atoms with Gasteiger partial charge < -0.3 is 15.0 Å². The van der Waals surface area contributed by atoms with Crippen molar-refractivity contribution < 1.29 is 9.53 Å². The summed E-state index contributed by atoms with van der Waals surface area (Å²) in [6.07, 6.45) is 7.57. The van der Waals surface area contributed by atoms with Crippen molar-refractivity contribution in [1.29, 1.82) is 0 Å². The van der Waals surface area contributed by atoms with Gasteiger partial charge in [-0.05, 0) is 67.1 Å². The van der Waals surface area contributed by atoms with Crippen LogP contribution in [0, 0.1) is 11.8 Å². The van der Waals surface area contributed by atoms with Gasteiger partial charge in [-0.1, -0.05) is 6.92 Å². The van der Waals surface area contributed by atoms with Gasteiger partial charge in [0.1, 0.15) is 0 Å². The van der Waals surface area contributed by atoms with Gasteiger partial charge in [-0.2, -0.15) is 11.8 Å². The van der Waals surface area contributed by atoms with Gasteiger partial charge in [0.25, 0.3) is 0 Å². The van der Waals surface area contributed by atoms with Crippen LogP contribution in [0.4, 0.5) is 0 Å². The number of carbonyl (C=O) groups excluding carboxylic acids is 1. The highest BCUT2D eigenvalue weighted by Gasteiger charge is 2.42. The van der Waals surface area contributed by atoms with Crippen molar-refractivity contribution in [3.8, 4) is 0 Å². The topological polar surface area (TPSA) is 41.6 Å². The van der Waals surface area contributed by atoms with E-state index < -0.39 is 0 Å². The second-order valence-electron chi connectivity index (χ2n) is 9.51. The van der Waals surface area contributed by atoms with E-state index >= 15 is 0 Å². The molecular weight excluding hydrogens is 400 g/mol. The third-order valence-electron chi connectivity index (χ3n) is 7.37. The van der Waals surface area contributed by atoms with Crippen molar-refractivity contribution >= 4 is 29.0 Å². The van der Waals surface area contributed by atoms with Crippen molar-refractivity contribution in [2.75, 3.05) is 37.7 Å². The first-order chi connectivity index (χ1) is 14.1. The Bertz CT molecular complexity index is 731. The number of carbonyl (C=O) groups is 1. The molecule has 3 fully saturated rings. The Hall–Kier alpha value is -0.560. The summed E-state index contributed by atoms with van der Waals surface area (Å²) < 4.78 is 6.42. The molecule has 160 valence electrons. The van der Waals surface area contributed by atoms with Crippen LogP contribution < -0.4 is 5.32 Å². The SMILES string of the molecule is CCc1cc2c(s1)CCOC21CCN(CC2CC(NC(=O)CC3CSC3)C2)CC1. The van der Waals surface area contributed by atoms with Crippen LogP contribution in [0.25, 0.3) is 0 Å². The molecule has 5 rings (SSSR count). The van der Waals surface area contributed by atoms with E-state index in [0.717, 1.165) is 70.6 Å². The molecule has 0 radical (unpaired) electrons. The number of aryl methyl sites for hydroxylation is 1. The number of rotatable bonds is 6. The highest BCUT2D eigenvalue weighted by molar-refractivity contribution is 8.00. The third-order valence-corrected chi connectivity index (χ3v) is 10.1. The molecule has 29 heavy (non-hydrogen) atoms. The molecule has 0 aromatic carbocycles. The number of fused-ring (bicyclic) bond motifs is 2. The highest BCUT2D eigenvalue weighted by Crippen LogP contribution is 2.45. The van der Waals surface area contributed by atoms with Gasteiger partial charge in [0.05, 0.1) is 12.2 Å². The Balaban J connectivity index is 1.07. The number of piperidine rings is 1. The van der Waals surface area contributed by atoms with Crippen LogP contribution >= 0.6 is 23.1 Å². The summed E-state index contributed by atoms with van der Waals surface area (Å²) in [6.45, 7) is 6.63. The van der Waals surface area contributed by atoms with Crippen LogP contribution in [0.15, 0.2) is 6.07 Å². The van der Waals surface area contributed by atoms with Crippen molar-refractivity contribution in [3.05, 3.63) is 21.4 Å². The summed E-state index contributed by atoms with van der Waals surface area (Å²) in [5.41, 5.74) is 1.51. The molecule has 1 aromatic heterocycles. The lowest BCUT2D eigenvalue weighted by atomic mass is 9.78. The van der Waals surface area contributed by atoms with Crippen LogP contribution in [-0.2, 0) is 28.0 Å². The minimum atomic E-state index is -0.00998. The number of hydrogen-bond donors (Lipinski definition) is 1. The van der Waals surface area contributed by atoms with Crippen LogP contribution in [0.1, 0.15) is 54.3 Å². The molecule has 1 aliphatic carbocycles. The number of nitrogens with zero attached hydrogens (tertiary/aromatic N) is 1. The van der Waals surface area contributed by atoms with Gasteiger partial charge in [0, 0.05) is 48.3 Å². The lowest BCUT2D eigenvalue weighted by molar-refractivity contribution is -0.123. The smallest absolute Gasteiger partial charge is 0.220 e. The maximum Gasteiger partial charge on any atom is 0.220 e. The summed E-state index contributed by atoms with van der Waals surface area (Å²) in [6, 6.07) is 2.87. The Labute approximate surface area is 183 Å². The maximum absolute atomic E-state index is 12.1. The molecule has 1 spiro atoms. The number of likely N-dealkylation sites (tertiary alicyclic amines) is 1. The largest absolute Gasteiger partial charge is 0.370 e. The molecule has 1 saturated carbocycles. The summed E-state index contributed by atoms with van der Waals surface area (Å²) in [5.74, 6) is 4.02. The Kier molecular flexibility index (Phi) is 5.98. The standard InChI is InChI=1S/C23H34N2O2S2/c1-2-19-12-20-21(29-19)3-8-27-23(20)4-6-25(7-5-23)13-16-9-18(10-16)24-22(26)11-17-14-28-15-17/h12,16-18H,2-11,13-15H2,1H3,(H,24,26). The normalized spacial score (nSPS) is 29.1. The molecule has 1 aromatic rings. The Morgan fingerprint density at radius 1 is 1.28 bits per heavy atom. The monoisotopic (exact) mass is 434 g/mol. The van der Waals surface area contributed by atoms with E-state index in [-0.39, 0.29) is 11.5 Å². The van der Waals surface area contributed by atoms with Crippen LogP contribution in [-0.4, -0.2) is 54.6 Å². The maximum atomic E-state index is 12.1. The molecule has 0 unspecified atom stereocenters. The summed E-state index contributed by atoms with van der Waals surface area (Å²) in [5, 5.41) is 3.26. The number of thioether (sulfide) groups is 1. The zero-order chi connectivity index (χ0) is 19.8. The average Bonchev–Trinajstić information content (AvgIpc) is 3.10. The fourth-order valence-corrected chi connectivity index (χ4v) is 7.46. The summed E-state index contributed by atoms with van der Waals surface area (Å²) >= 11 is 3.97. The van der Waals surface area contributed by atoms with Crippen molar-refractivity contribution in [1.82, 2.24) is 10.2 Å². The zero-order valence-electron chi connectivity index (χ0n) is 17.6. The van der Waals surface area contributed by atoms with Gasteiger partial charge in [-0.15, -0.1) is 11.3 Å². The first-order valence-electron chi connectivity index (χ1n) is 11.5. The molecule has 0 atom stereocenters. The van der Waals surface area contributed by atoms with Gasteiger partial charge >= 0.3 is 0 Å². The second-order valence-corrected chi connectivity index (χ2v) is 11.8. The van der Waals surface area contributed by atoms with Gasteiger partial charge in [0.15, 0.2) is 0 Å². The molecule has 6 heteroatoms. The predicted octanol–water partition coefficient (Wildman–Crippen LogP) is 3.82. The molecule has 0 bridgehead atoms. The number of ether oxygens (including phenoxy) is 1. The summed E-state index contributed by atoms with van der Waals surface area (Å²) in [4.78, 5) is 17.8. The molecule has 1 N–H and O–H groups in total. The Morgan fingerprint density at radius 2 is 2.07 bits per heavy atom. The highest BCUT2D eigenvalue weighted by atomic mass is 32.2. The van der Waals surface area contributed by atoms with Gasteiger partial charge in [0.2, 0.25) is 5.91 Å². The lowest BCUT2D eigenvalue weighted by Gasteiger charge is -2.46. The fraction of sp³-hybridized carbons (Fsp3) is 0.783. The van der Waals surface area contributed by atoms with Crippen LogP contribution in [0.5, 0.6) is 0 Å². The lowest BCUT2D eigenvalue weighted by Crippen LogP contribution is -2.51. The quantitative estimate of drug-likeness (QED) is 0.739. The molecule has 4 heterocycles. The Morgan fingerprint density at radius 3 is 2.76 bits per heavy atom. The van der Waals surface area contributed by atoms with E-state index in [0.29, 0.717) is 12.0 Å². The fourth-order valence-electron chi connectivity index (χ4n) is 5.48. The second kappa shape index (κ2) is 8.52.